The van der Waals surface area contributed by atoms with Crippen LogP contribution in [0.5, 0.6) is 0 Å². The Labute approximate surface area is 74.1 Å². The van der Waals surface area contributed by atoms with Gasteiger partial charge in [0.15, 0.2) is 11.1 Å². The van der Waals surface area contributed by atoms with Crippen molar-refractivity contribution in [1.29, 1.82) is 0 Å². The number of hydrogen-bond acceptors (Lipinski definition) is 2. The topological polar surface area (TPSA) is 49.3 Å². The van der Waals surface area contributed by atoms with Crippen LogP contribution in [-0.2, 0) is 16.8 Å². The molecule has 0 aromatic heterocycles. The highest BCUT2D eigenvalue weighted by Gasteiger charge is 2.01. The summed E-state index contributed by atoms with van der Waals surface area (Å²) in [6.07, 6.45) is 0. The van der Waals surface area contributed by atoms with Crippen LogP contribution in [0.25, 0.3) is 0 Å². The fraction of sp³-hybridized carbons (Fsp3) is 0.250. The summed E-state index contributed by atoms with van der Waals surface area (Å²) in [5, 5.41) is 2.96. The van der Waals surface area contributed by atoms with E-state index in [0.717, 1.165) is 11.3 Å². The summed E-state index contributed by atoms with van der Waals surface area (Å²) in [5.74, 6) is 0.178. The number of benzene rings is 1. The van der Waals surface area contributed by atoms with Gasteiger partial charge in [-0.3, -0.25) is 0 Å². The molecule has 1 rings (SSSR count). The van der Waals surface area contributed by atoms with E-state index < -0.39 is 11.1 Å². The maximum Gasteiger partial charge on any atom is 0.157 e. The molecule has 2 N–H and O–H groups in total. The first-order valence-corrected chi connectivity index (χ1v) is 4.84. The molecule has 0 heterocycles. The van der Waals surface area contributed by atoms with Gasteiger partial charge in [-0.2, -0.15) is 0 Å². The Kier molecular flexibility index (Phi) is 3.25. The van der Waals surface area contributed by atoms with Crippen LogP contribution in [0.1, 0.15) is 5.56 Å². The average Bonchev–Trinajstić information content (AvgIpc) is 2.04. The van der Waals surface area contributed by atoms with Crippen LogP contribution < -0.4 is 5.32 Å². The molecule has 0 saturated carbocycles. The summed E-state index contributed by atoms with van der Waals surface area (Å²) in [7, 11) is 1.79. The minimum atomic E-state index is -1.77. The van der Waals surface area contributed by atoms with Gasteiger partial charge in [0.05, 0.1) is 5.75 Å². The van der Waals surface area contributed by atoms with Gasteiger partial charge in [0, 0.05) is 12.7 Å². The zero-order valence-corrected chi connectivity index (χ0v) is 7.60. The summed E-state index contributed by atoms with van der Waals surface area (Å²) in [4.78, 5) is 0. The number of nitrogens with one attached hydrogen (secondary N) is 1. The maximum absolute atomic E-state index is 10.5. The molecule has 0 saturated heterocycles. The van der Waals surface area contributed by atoms with Gasteiger partial charge in [-0.05, 0) is 11.6 Å². The van der Waals surface area contributed by atoms with Crippen molar-refractivity contribution in [2.24, 2.45) is 0 Å². The third-order valence-corrected chi connectivity index (χ3v) is 2.12. The van der Waals surface area contributed by atoms with E-state index in [9.17, 15) is 4.21 Å². The first kappa shape index (κ1) is 9.22. The van der Waals surface area contributed by atoms with Crippen LogP contribution in [0.2, 0.25) is 0 Å². The third kappa shape index (κ3) is 2.32. The van der Waals surface area contributed by atoms with E-state index in [1.807, 2.05) is 24.3 Å². The Morgan fingerprint density at radius 1 is 1.50 bits per heavy atom. The molecular formula is C8H11NO2S. The van der Waals surface area contributed by atoms with E-state index >= 15 is 0 Å². The third-order valence-electron chi connectivity index (χ3n) is 1.57. The van der Waals surface area contributed by atoms with Crippen molar-refractivity contribution in [3.05, 3.63) is 29.8 Å². The summed E-state index contributed by atoms with van der Waals surface area (Å²) in [5.41, 5.74) is 1.76. The largest absolute Gasteiger partial charge is 0.388 e. The molecule has 4 heteroatoms. The number of para-hydroxylation sites is 1. The molecule has 12 heavy (non-hydrogen) atoms. The zero-order valence-electron chi connectivity index (χ0n) is 6.78. The Hall–Kier alpha value is -0.870. The maximum atomic E-state index is 10.5. The monoisotopic (exact) mass is 185 g/mol. The molecule has 66 valence electrons. The lowest BCUT2D eigenvalue weighted by atomic mass is 10.2. The normalized spacial score (nSPS) is 12.5. The lowest BCUT2D eigenvalue weighted by Crippen LogP contribution is -1.98. The number of hydrogen-bond donors (Lipinski definition) is 2. The standard InChI is InChI=1S/C8H11NO2S/c1-9-8-5-3-2-4-7(8)6-12(10)11/h2-5,9H,6H2,1H3,(H,10,11). The molecule has 1 atom stereocenters. The van der Waals surface area contributed by atoms with Crippen molar-refractivity contribution in [2.75, 3.05) is 12.4 Å². The van der Waals surface area contributed by atoms with E-state index in [2.05, 4.69) is 5.32 Å². The Balaban J connectivity index is 2.89. The Morgan fingerprint density at radius 3 is 2.75 bits per heavy atom. The first-order chi connectivity index (χ1) is 5.74. The predicted molar refractivity (Wildman–Crippen MR) is 50.5 cm³/mol. The SMILES string of the molecule is CNc1ccccc1CS(=O)O. The van der Waals surface area contributed by atoms with E-state index in [0.29, 0.717) is 0 Å². The fourth-order valence-electron chi connectivity index (χ4n) is 1.02. The highest BCUT2D eigenvalue weighted by molar-refractivity contribution is 7.78. The van der Waals surface area contributed by atoms with Gasteiger partial charge in [0.1, 0.15) is 0 Å². The fourth-order valence-corrected chi connectivity index (χ4v) is 1.54. The smallest absolute Gasteiger partial charge is 0.157 e. The van der Waals surface area contributed by atoms with Gasteiger partial charge in [-0.25, -0.2) is 4.21 Å². The Morgan fingerprint density at radius 2 is 2.17 bits per heavy atom. The van der Waals surface area contributed by atoms with Gasteiger partial charge in [0.2, 0.25) is 0 Å². The second-order valence-electron chi connectivity index (χ2n) is 2.37. The van der Waals surface area contributed by atoms with Crippen LogP contribution in [0.3, 0.4) is 0 Å². The van der Waals surface area contributed by atoms with E-state index in [1.165, 1.54) is 0 Å². The highest BCUT2D eigenvalue weighted by atomic mass is 32.2. The molecule has 0 fully saturated rings. The van der Waals surface area contributed by atoms with Gasteiger partial charge in [-0.15, -0.1) is 0 Å². The van der Waals surface area contributed by atoms with Crippen LogP contribution in [0.4, 0.5) is 5.69 Å². The van der Waals surface area contributed by atoms with Crippen LogP contribution in [0, 0.1) is 0 Å². The average molecular weight is 185 g/mol. The quantitative estimate of drug-likeness (QED) is 0.701. The molecule has 0 bridgehead atoms. The second-order valence-corrected chi connectivity index (χ2v) is 3.30. The summed E-state index contributed by atoms with van der Waals surface area (Å²) in [6.45, 7) is 0. The minimum absolute atomic E-state index is 0.178. The molecule has 0 aliphatic rings. The molecular weight excluding hydrogens is 174 g/mol. The van der Waals surface area contributed by atoms with Crippen LogP contribution in [-0.4, -0.2) is 15.8 Å². The molecule has 0 spiro atoms. The molecule has 1 aromatic rings. The van der Waals surface area contributed by atoms with Crippen molar-refractivity contribution < 1.29 is 8.76 Å². The van der Waals surface area contributed by atoms with E-state index in [4.69, 9.17) is 4.55 Å². The lowest BCUT2D eigenvalue weighted by molar-refractivity contribution is 0.563. The van der Waals surface area contributed by atoms with Crippen LogP contribution >= 0.6 is 0 Å². The molecule has 3 nitrogen and oxygen atoms in total. The molecule has 0 amide bonds. The minimum Gasteiger partial charge on any atom is -0.388 e. The Bertz CT molecular complexity index is 288. The van der Waals surface area contributed by atoms with Crippen molar-refractivity contribution >= 4 is 16.8 Å². The van der Waals surface area contributed by atoms with Gasteiger partial charge < -0.3 is 9.87 Å². The van der Waals surface area contributed by atoms with Gasteiger partial charge in [-0.1, -0.05) is 18.2 Å². The number of anilines is 1. The summed E-state index contributed by atoms with van der Waals surface area (Å²) >= 11 is -1.77. The van der Waals surface area contributed by atoms with Crippen molar-refractivity contribution in [3.8, 4) is 0 Å². The van der Waals surface area contributed by atoms with Gasteiger partial charge >= 0.3 is 0 Å². The highest BCUT2D eigenvalue weighted by Crippen LogP contribution is 2.15. The van der Waals surface area contributed by atoms with E-state index in [-0.39, 0.29) is 5.75 Å². The predicted octanol–water partition coefficient (Wildman–Crippen LogP) is 1.45. The molecule has 0 aliphatic carbocycles. The van der Waals surface area contributed by atoms with Crippen LogP contribution in [0.15, 0.2) is 24.3 Å². The van der Waals surface area contributed by atoms with Gasteiger partial charge in [0.25, 0.3) is 0 Å². The van der Waals surface area contributed by atoms with E-state index in [1.54, 1.807) is 7.05 Å². The second kappa shape index (κ2) is 4.23. The zero-order chi connectivity index (χ0) is 8.97. The molecule has 0 radical (unpaired) electrons. The van der Waals surface area contributed by atoms with Crippen molar-refractivity contribution in [3.63, 3.8) is 0 Å². The molecule has 1 unspecified atom stereocenters. The molecule has 0 aliphatic heterocycles. The lowest BCUT2D eigenvalue weighted by Gasteiger charge is -2.05. The summed E-state index contributed by atoms with van der Waals surface area (Å²) in [6, 6.07) is 7.45. The van der Waals surface area contributed by atoms with Crippen molar-refractivity contribution in [2.45, 2.75) is 5.75 Å². The molecule has 1 aromatic carbocycles. The van der Waals surface area contributed by atoms with Crippen molar-refractivity contribution in [1.82, 2.24) is 0 Å². The first-order valence-electron chi connectivity index (χ1n) is 3.57. The summed E-state index contributed by atoms with van der Waals surface area (Å²) < 4.78 is 19.2. The number of rotatable bonds is 3.